The lowest BCUT2D eigenvalue weighted by atomic mass is 10.00. The molecular weight excluding hydrogens is 360 g/mol. The summed E-state index contributed by atoms with van der Waals surface area (Å²) in [4.78, 5) is 12.1. The van der Waals surface area contributed by atoms with E-state index in [-0.39, 0.29) is 11.8 Å². The van der Waals surface area contributed by atoms with E-state index in [9.17, 15) is 13.2 Å². The Labute approximate surface area is 163 Å². The van der Waals surface area contributed by atoms with Crippen LogP contribution in [0.5, 0.6) is 0 Å². The number of carbonyl (C=O) groups is 1. The molecule has 0 aliphatic heterocycles. The molecule has 0 fully saturated rings. The first kappa shape index (κ1) is 21.5. The Morgan fingerprint density at radius 3 is 2.59 bits per heavy atom. The highest BCUT2D eigenvalue weighted by Crippen LogP contribution is 2.29. The number of rotatable bonds is 9. The quantitative estimate of drug-likeness (QED) is 0.647. The van der Waals surface area contributed by atoms with Crippen molar-refractivity contribution in [1.29, 1.82) is 0 Å². The lowest BCUT2D eigenvalue weighted by Gasteiger charge is -2.26. The van der Waals surface area contributed by atoms with Crippen LogP contribution in [-0.2, 0) is 14.8 Å². The van der Waals surface area contributed by atoms with Crippen molar-refractivity contribution in [3.63, 3.8) is 0 Å². The average molecular weight is 393 g/mol. The van der Waals surface area contributed by atoms with E-state index in [2.05, 4.69) is 11.4 Å². The minimum atomic E-state index is -3.41. The smallest absolute Gasteiger partial charge is 0.232 e. The van der Waals surface area contributed by atoms with E-state index in [1.165, 1.54) is 29.0 Å². The van der Waals surface area contributed by atoms with Crippen molar-refractivity contribution in [2.24, 2.45) is 0 Å². The molecule has 0 bridgehead atoms. The van der Waals surface area contributed by atoms with Gasteiger partial charge in [-0.05, 0) is 49.7 Å². The van der Waals surface area contributed by atoms with Crippen molar-refractivity contribution in [2.45, 2.75) is 58.3 Å². The van der Waals surface area contributed by atoms with Crippen LogP contribution in [0.1, 0.15) is 63.9 Å². The number of carbonyl (C=O) groups excluding carboxylic acids is 1. The molecule has 0 saturated heterocycles. The number of amides is 1. The van der Waals surface area contributed by atoms with Crippen LogP contribution in [0.25, 0.3) is 0 Å². The highest BCUT2D eigenvalue weighted by atomic mass is 32.2. The second-order valence-electron chi connectivity index (χ2n) is 7.54. The maximum absolute atomic E-state index is 12.3. The second-order valence-corrected chi connectivity index (χ2v) is 9.44. The first-order valence-electron chi connectivity index (χ1n) is 9.80. The molecule has 0 atom stereocenters. The van der Waals surface area contributed by atoms with Crippen LogP contribution in [-0.4, -0.2) is 33.7 Å². The van der Waals surface area contributed by atoms with Gasteiger partial charge < -0.3 is 5.32 Å². The van der Waals surface area contributed by atoms with Crippen LogP contribution in [0, 0.1) is 0 Å². The molecule has 2 rings (SSSR count). The van der Waals surface area contributed by atoms with Gasteiger partial charge in [-0.25, -0.2) is 8.42 Å². The molecule has 1 aliphatic carbocycles. The monoisotopic (exact) mass is 392 g/mol. The first-order chi connectivity index (χ1) is 12.8. The molecule has 1 amide bonds. The first-order valence-corrected chi connectivity index (χ1v) is 11.6. The molecule has 1 aromatic rings. The molecule has 5 nitrogen and oxygen atoms in total. The van der Waals surface area contributed by atoms with Gasteiger partial charge >= 0.3 is 0 Å². The minimum absolute atomic E-state index is 0.0212. The van der Waals surface area contributed by atoms with Crippen molar-refractivity contribution >= 4 is 21.6 Å². The molecule has 0 heterocycles. The van der Waals surface area contributed by atoms with E-state index in [1.807, 2.05) is 38.1 Å². The standard InChI is InChI=1S/C21H32N2O3S/c1-17(2)19-12-7-8-13-20(19)23(27(3,25)26)15-9-14-21(24)22-16-18-10-5-4-6-11-18/h7-8,10,12-13,17H,4-6,9,11,14-16H2,1-3H3,(H,22,24). The number of allylic oxidation sites excluding steroid dienone is 1. The summed E-state index contributed by atoms with van der Waals surface area (Å²) in [6.45, 7) is 5.02. The average Bonchev–Trinajstić information content (AvgIpc) is 2.63. The van der Waals surface area contributed by atoms with Crippen LogP contribution < -0.4 is 9.62 Å². The molecular formula is C21H32N2O3S. The molecule has 0 aromatic heterocycles. The summed E-state index contributed by atoms with van der Waals surface area (Å²) in [5.74, 6) is 0.199. The Morgan fingerprint density at radius 1 is 1.22 bits per heavy atom. The highest BCUT2D eigenvalue weighted by molar-refractivity contribution is 7.92. The number of nitrogens with zero attached hydrogens (tertiary/aromatic N) is 1. The van der Waals surface area contributed by atoms with Gasteiger partial charge in [-0.1, -0.05) is 43.7 Å². The zero-order valence-electron chi connectivity index (χ0n) is 16.7. The molecule has 0 saturated carbocycles. The van der Waals surface area contributed by atoms with Gasteiger partial charge in [-0.2, -0.15) is 0 Å². The Morgan fingerprint density at radius 2 is 1.96 bits per heavy atom. The van der Waals surface area contributed by atoms with Gasteiger partial charge in [0, 0.05) is 19.5 Å². The van der Waals surface area contributed by atoms with Crippen LogP contribution in [0.3, 0.4) is 0 Å². The zero-order valence-corrected chi connectivity index (χ0v) is 17.5. The molecule has 6 heteroatoms. The van der Waals surface area contributed by atoms with Crippen LogP contribution in [0.2, 0.25) is 0 Å². The minimum Gasteiger partial charge on any atom is -0.352 e. The molecule has 0 unspecified atom stereocenters. The van der Waals surface area contributed by atoms with E-state index >= 15 is 0 Å². The number of para-hydroxylation sites is 1. The van der Waals surface area contributed by atoms with Crippen molar-refractivity contribution in [3.05, 3.63) is 41.5 Å². The summed E-state index contributed by atoms with van der Waals surface area (Å²) in [7, 11) is -3.41. The summed E-state index contributed by atoms with van der Waals surface area (Å²) < 4.78 is 26.1. The molecule has 0 radical (unpaired) electrons. The largest absolute Gasteiger partial charge is 0.352 e. The summed E-state index contributed by atoms with van der Waals surface area (Å²) in [6, 6.07) is 7.57. The van der Waals surface area contributed by atoms with Gasteiger partial charge in [0.2, 0.25) is 15.9 Å². The van der Waals surface area contributed by atoms with E-state index < -0.39 is 10.0 Å². The fourth-order valence-electron chi connectivity index (χ4n) is 3.42. The fourth-order valence-corrected chi connectivity index (χ4v) is 4.40. The molecule has 1 N–H and O–H groups in total. The van der Waals surface area contributed by atoms with E-state index in [0.29, 0.717) is 31.6 Å². The Bertz CT molecular complexity index is 769. The normalized spacial score (nSPS) is 14.7. The second kappa shape index (κ2) is 9.93. The molecule has 1 aliphatic rings. The topological polar surface area (TPSA) is 66.5 Å². The van der Waals surface area contributed by atoms with Gasteiger partial charge in [0.1, 0.15) is 0 Å². The van der Waals surface area contributed by atoms with Gasteiger partial charge in [-0.15, -0.1) is 0 Å². The maximum atomic E-state index is 12.3. The summed E-state index contributed by atoms with van der Waals surface area (Å²) in [5, 5.41) is 2.96. The van der Waals surface area contributed by atoms with Gasteiger partial charge in [-0.3, -0.25) is 9.10 Å². The van der Waals surface area contributed by atoms with Crippen molar-refractivity contribution in [2.75, 3.05) is 23.7 Å². The fraction of sp³-hybridized carbons (Fsp3) is 0.571. The number of hydrogen-bond acceptors (Lipinski definition) is 3. The van der Waals surface area contributed by atoms with Crippen molar-refractivity contribution in [1.82, 2.24) is 5.32 Å². The Hall–Kier alpha value is -1.82. The lowest BCUT2D eigenvalue weighted by molar-refractivity contribution is -0.120. The third-order valence-electron chi connectivity index (χ3n) is 4.89. The summed E-state index contributed by atoms with van der Waals surface area (Å²) >= 11 is 0. The molecule has 1 aromatic carbocycles. The van der Waals surface area contributed by atoms with Crippen LogP contribution in [0.15, 0.2) is 35.9 Å². The van der Waals surface area contributed by atoms with Gasteiger partial charge in [0.15, 0.2) is 0 Å². The van der Waals surface area contributed by atoms with Crippen molar-refractivity contribution < 1.29 is 13.2 Å². The Balaban J connectivity index is 1.94. The molecule has 150 valence electrons. The number of nitrogens with one attached hydrogen (secondary N) is 1. The third kappa shape index (κ3) is 6.69. The van der Waals surface area contributed by atoms with Crippen molar-refractivity contribution in [3.8, 4) is 0 Å². The highest BCUT2D eigenvalue weighted by Gasteiger charge is 2.21. The predicted octanol–water partition coefficient (Wildman–Crippen LogP) is 3.97. The summed E-state index contributed by atoms with van der Waals surface area (Å²) in [6.07, 6.45) is 8.85. The van der Waals surface area contributed by atoms with Gasteiger partial charge in [0.25, 0.3) is 0 Å². The third-order valence-corrected chi connectivity index (χ3v) is 6.07. The van der Waals surface area contributed by atoms with Crippen LogP contribution in [0.4, 0.5) is 5.69 Å². The molecule has 0 spiro atoms. The van der Waals surface area contributed by atoms with E-state index in [1.54, 1.807) is 0 Å². The number of anilines is 1. The number of sulfonamides is 1. The molecule has 27 heavy (non-hydrogen) atoms. The summed E-state index contributed by atoms with van der Waals surface area (Å²) in [5.41, 5.74) is 3.01. The predicted molar refractivity (Wildman–Crippen MR) is 112 cm³/mol. The maximum Gasteiger partial charge on any atom is 0.232 e. The van der Waals surface area contributed by atoms with Crippen LogP contribution >= 0.6 is 0 Å². The van der Waals surface area contributed by atoms with E-state index in [0.717, 1.165) is 18.4 Å². The number of hydrogen-bond donors (Lipinski definition) is 1. The Kier molecular flexibility index (Phi) is 7.90. The lowest BCUT2D eigenvalue weighted by Crippen LogP contribution is -2.33. The van der Waals surface area contributed by atoms with Gasteiger partial charge in [0.05, 0.1) is 11.9 Å². The van der Waals surface area contributed by atoms with E-state index in [4.69, 9.17) is 0 Å². The zero-order chi connectivity index (χ0) is 19.9. The number of benzene rings is 1. The SMILES string of the molecule is CC(C)c1ccccc1N(CCCC(=O)NCC1=CCCCC1)S(C)(=O)=O.